The van der Waals surface area contributed by atoms with Crippen LogP contribution in [0.1, 0.15) is 24.0 Å². The van der Waals surface area contributed by atoms with Crippen molar-refractivity contribution in [2.75, 3.05) is 0 Å². The van der Waals surface area contributed by atoms with E-state index in [2.05, 4.69) is 53.7 Å². The van der Waals surface area contributed by atoms with E-state index in [1.807, 2.05) is 12.1 Å². The molecule has 1 heterocycles. The minimum atomic E-state index is 0.266. The van der Waals surface area contributed by atoms with Gasteiger partial charge in [-0.05, 0) is 29.9 Å². The molecule has 2 aromatic carbocycles. The number of hydrogen-bond acceptors (Lipinski definition) is 3. The molecule has 2 bridgehead atoms. The molecule has 3 heteroatoms. The quantitative estimate of drug-likeness (QED) is 0.852. The second-order valence-electron chi connectivity index (χ2n) is 7.17. The number of hydrogen-bond donors (Lipinski definition) is 0. The standard InChI is InChI=1S/C21H21NO2/c1-3-7-14(8-4-1)13-23-18-12-16-11-17(18)19-20(22-24-21(16)19)15-9-5-2-6-10-15/h1-10,16-19,21H,11-13H2/t16-,17+,18+,19-,21-/m0/s1. The zero-order chi connectivity index (χ0) is 15.9. The van der Waals surface area contributed by atoms with Gasteiger partial charge in [0.1, 0.15) is 6.10 Å². The van der Waals surface area contributed by atoms with Gasteiger partial charge in [0, 0.05) is 5.92 Å². The Balaban J connectivity index is 1.33. The Kier molecular flexibility index (Phi) is 3.41. The molecule has 1 aliphatic heterocycles. The SMILES string of the molecule is c1ccc(CO[C@@H]2C[C@@H]3C[C@H]2[C@H]2C(c4ccccc4)=NO[C@@H]32)cc1. The van der Waals surface area contributed by atoms with E-state index in [0.29, 0.717) is 30.5 Å². The van der Waals surface area contributed by atoms with Crippen molar-refractivity contribution in [3.05, 3.63) is 71.8 Å². The highest BCUT2D eigenvalue weighted by Gasteiger charge is 2.58. The lowest BCUT2D eigenvalue weighted by molar-refractivity contribution is -0.0445. The Bertz CT molecular complexity index is 743. The summed E-state index contributed by atoms with van der Waals surface area (Å²) in [5.74, 6) is 1.52. The van der Waals surface area contributed by atoms with Crippen molar-refractivity contribution >= 4 is 5.71 Å². The summed E-state index contributed by atoms with van der Waals surface area (Å²) in [5, 5.41) is 4.45. The molecule has 0 N–H and O–H groups in total. The predicted octanol–water partition coefficient (Wildman–Crippen LogP) is 4.03. The lowest BCUT2D eigenvalue weighted by Crippen LogP contribution is -2.38. The molecule has 3 nitrogen and oxygen atoms in total. The summed E-state index contributed by atoms with van der Waals surface area (Å²) in [7, 11) is 0. The molecule has 0 spiro atoms. The van der Waals surface area contributed by atoms with Crippen molar-refractivity contribution < 1.29 is 9.57 Å². The van der Waals surface area contributed by atoms with Crippen LogP contribution < -0.4 is 0 Å². The van der Waals surface area contributed by atoms with Crippen LogP contribution in [0.5, 0.6) is 0 Å². The Morgan fingerprint density at radius 1 is 0.958 bits per heavy atom. The second kappa shape index (κ2) is 5.75. The predicted molar refractivity (Wildman–Crippen MR) is 92.6 cm³/mol. The molecule has 2 aliphatic carbocycles. The van der Waals surface area contributed by atoms with E-state index >= 15 is 0 Å². The van der Waals surface area contributed by atoms with Crippen LogP contribution in [0.2, 0.25) is 0 Å². The molecule has 3 aliphatic rings. The highest BCUT2D eigenvalue weighted by molar-refractivity contribution is 6.03. The molecular weight excluding hydrogens is 298 g/mol. The second-order valence-corrected chi connectivity index (χ2v) is 7.17. The molecule has 0 amide bonds. The molecule has 5 atom stereocenters. The fourth-order valence-corrected chi connectivity index (χ4v) is 4.77. The fraction of sp³-hybridized carbons (Fsp3) is 0.381. The number of ether oxygens (including phenoxy) is 1. The molecule has 0 saturated heterocycles. The van der Waals surface area contributed by atoms with Gasteiger partial charge < -0.3 is 9.57 Å². The third-order valence-electron chi connectivity index (χ3n) is 5.83. The largest absolute Gasteiger partial charge is 0.391 e. The Hall–Kier alpha value is -2.13. The number of fused-ring (bicyclic) bond motifs is 5. The Labute approximate surface area is 142 Å². The lowest BCUT2D eigenvalue weighted by Gasteiger charge is -2.30. The van der Waals surface area contributed by atoms with Crippen LogP contribution in [0.25, 0.3) is 0 Å². The van der Waals surface area contributed by atoms with Gasteiger partial charge in [-0.1, -0.05) is 65.8 Å². The van der Waals surface area contributed by atoms with E-state index in [9.17, 15) is 0 Å². The molecule has 24 heavy (non-hydrogen) atoms. The van der Waals surface area contributed by atoms with Crippen LogP contribution >= 0.6 is 0 Å². The molecule has 0 aromatic heterocycles. The van der Waals surface area contributed by atoms with E-state index in [0.717, 1.165) is 12.1 Å². The third kappa shape index (κ3) is 2.27. The van der Waals surface area contributed by atoms with Gasteiger partial charge in [0.15, 0.2) is 0 Å². The van der Waals surface area contributed by atoms with Crippen molar-refractivity contribution in [2.45, 2.75) is 31.7 Å². The minimum Gasteiger partial charge on any atom is -0.391 e. The van der Waals surface area contributed by atoms with Crippen molar-refractivity contribution in [1.29, 1.82) is 0 Å². The van der Waals surface area contributed by atoms with E-state index in [4.69, 9.17) is 9.57 Å². The van der Waals surface area contributed by atoms with Gasteiger partial charge in [0.05, 0.1) is 24.3 Å². The summed E-state index contributed by atoms with van der Waals surface area (Å²) in [6.45, 7) is 0.699. The number of benzene rings is 2. The normalized spacial score (nSPS) is 33.2. The maximum atomic E-state index is 6.30. The zero-order valence-corrected chi connectivity index (χ0v) is 13.5. The molecule has 0 radical (unpaired) electrons. The van der Waals surface area contributed by atoms with Gasteiger partial charge >= 0.3 is 0 Å². The maximum absolute atomic E-state index is 6.30. The van der Waals surface area contributed by atoms with Crippen molar-refractivity contribution in [3.8, 4) is 0 Å². The van der Waals surface area contributed by atoms with Crippen molar-refractivity contribution in [2.24, 2.45) is 22.9 Å². The average molecular weight is 319 g/mol. The van der Waals surface area contributed by atoms with Crippen LogP contribution in [0.4, 0.5) is 0 Å². The Morgan fingerprint density at radius 2 is 1.71 bits per heavy atom. The summed E-state index contributed by atoms with van der Waals surface area (Å²) in [5.41, 5.74) is 3.57. The number of nitrogens with zero attached hydrogens (tertiary/aromatic N) is 1. The van der Waals surface area contributed by atoms with E-state index in [1.165, 1.54) is 17.5 Å². The highest BCUT2D eigenvalue weighted by Crippen LogP contribution is 2.54. The smallest absolute Gasteiger partial charge is 0.139 e. The summed E-state index contributed by atoms with van der Waals surface area (Å²) in [4.78, 5) is 5.82. The fourth-order valence-electron chi connectivity index (χ4n) is 4.77. The van der Waals surface area contributed by atoms with Gasteiger partial charge in [0.2, 0.25) is 0 Å². The molecule has 2 aromatic rings. The first-order chi connectivity index (χ1) is 11.9. The number of oxime groups is 1. The molecule has 5 rings (SSSR count). The molecular formula is C21H21NO2. The summed E-state index contributed by atoms with van der Waals surface area (Å²) in [6, 6.07) is 20.9. The van der Waals surface area contributed by atoms with Gasteiger partial charge in [-0.25, -0.2) is 0 Å². The topological polar surface area (TPSA) is 30.8 Å². The molecule has 2 fully saturated rings. The summed E-state index contributed by atoms with van der Waals surface area (Å²) >= 11 is 0. The average Bonchev–Trinajstić information content (AvgIpc) is 3.33. The lowest BCUT2D eigenvalue weighted by atomic mass is 9.79. The monoisotopic (exact) mass is 319 g/mol. The van der Waals surface area contributed by atoms with Gasteiger partial charge in [-0.3, -0.25) is 0 Å². The third-order valence-corrected chi connectivity index (χ3v) is 5.83. The van der Waals surface area contributed by atoms with E-state index in [-0.39, 0.29) is 6.10 Å². The van der Waals surface area contributed by atoms with Crippen molar-refractivity contribution in [1.82, 2.24) is 0 Å². The molecule has 2 saturated carbocycles. The highest BCUT2D eigenvalue weighted by atomic mass is 16.6. The van der Waals surface area contributed by atoms with Crippen LogP contribution in [0.3, 0.4) is 0 Å². The molecule has 0 unspecified atom stereocenters. The zero-order valence-electron chi connectivity index (χ0n) is 13.5. The van der Waals surface area contributed by atoms with Gasteiger partial charge in [-0.2, -0.15) is 0 Å². The van der Waals surface area contributed by atoms with E-state index < -0.39 is 0 Å². The van der Waals surface area contributed by atoms with Crippen molar-refractivity contribution in [3.63, 3.8) is 0 Å². The van der Waals surface area contributed by atoms with Crippen LogP contribution in [0, 0.1) is 17.8 Å². The van der Waals surface area contributed by atoms with Gasteiger partial charge in [-0.15, -0.1) is 0 Å². The molecule has 122 valence electrons. The van der Waals surface area contributed by atoms with E-state index in [1.54, 1.807) is 0 Å². The van der Waals surface area contributed by atoms with Crippen LogP contribution in [-0.4, -0.2) is 17.9 Å². The minimum absolute atomic E-state index is 0.266. The Morgan fingerprint density at radius 3 is 2.50 bits per heavy atom. The van der Waals surface area contributed by atoms with Gasteiger partial charge in [0.25, 0.3) is 0 Å². The summed E-state index contributed by atoms with van der Waals surface area (Å²) < 4.78 is 6.30. The maximum Gasteiger partial charge on any atom is 0.139 e. The van der Waals surface area contributed by atoms with Crippen LogP contribution in [-0.2, 0) is 16.2 Å². The first-order valence-electron chi connectivity index (χ1n) is 8.85. The first kappa shape index (κ1) is 14.2. The van der Waals surface area contributed by atoms with Crippen LogP contribution in [0.15, 0.2) is 65.8 Å². The first-order valence-corrected chi connectivity index (χ1v) is 8.85. The number of rotatable bonds is 4. The summed E-state index contributed by atoms with van der Waals surface area (Å²) in [6.07, 6.45) is 2.91.